The van der Waals surface area contributed by atoms with Gasteiger partial charge in [-0.25, -0.2) is 4.98 Å². The normalized spacial score (nSPS) is 16.1. The van der Waals surface area contributed by atoms with Crippen molar-refractivity contribution in [3.63, 3.8) is 0 Å². The molecule has 1 aliphatic rings. The first-order valence-corrected chi connectivity index (χ1v) is 9.78. The molecule has 1 fully saturated rings. The molecule has 0 spiro atoms. The maximum absolute atomic E-state index is 13.0. The minimum Gasteiger partial charge on any atom is -0.393 e. The third kappa shape index (κ3) is 3.64. The fourth-order valence-electron chi connectivity index (χ4n) is 3.41. The average molecular weight is 409 g/mol. The van der Waals surface area contributed by atoms with E-state index in [0.717, 1.165) is 12.1 Å². The van der Waals surface area contributed by atoms with Crippen LogP contribution < -0.4 is 10.5 Å². The zero-order valence-corrected chi connectivity index (χ0v) is 15.6. The molecule has 0 atom stereocenters. The van der Waals surface area contributed by atoms with Gasteiger partial charge in [-0.05, 0) is 42.0 Å². The van der Waals surface area contributed by atoms with Crippen LogP contribution >= 0.6 is 11.3 Å². The first kappa shape index (κ1) is 18.9. The Balaban J connectivity index is 1.78. The summed E-state index contributed by atoms with van der Waals surface area (Å²) in [6.45, 7) is 1.07. The van der Waals surface area contributed by atoms with E-state index in [4.69, 9.17) is 0 Å². The van der Waals surface area contributed by atoms with E-state index in [1.165, 1.54) is 22.0 Å². The lowest BCUT2D eigenvalue weighted by molar-refractivity contribution is -0.137. The summed E-state index contributed by atoms with van der Waals surface area (Å²) in [7, 11) is 0. The van der Waals surface area contributed by atoms with Crippen LogP contribution in [0.1, 0.15) is 24.0 Å². The van der Waals surface area contributed by atoms with Crippen LogP contribution in [0.5, 0.6) is 0 Å². The second-order valence-electron chi connectivity index (χ2n) is 6.85. The van der Waals surface area contributed by atoms with Crippen molar-refractivity contribution < 1.29 is 18.3 Å². The van der Waals surface area contributed by atoms with Gasteiger partial charge >= 0.3 is 6.18 Å². The molecule has 4 rings (SSSR count). The van der Waals surface area contributed by atoms with E-state index in [-0.39, 0.29) is 18.2 Å². The summed E-state index contributed by atoms with van der Waals surface area (Å²) in [4.78, 5) is 19.6. The lowest BCUT2D eigenvalue weighted by atomic mass is 10.1. The summed E-state index contributed by atoms with van der Waals surface area (Å²) in [6.07, 6.45) is -3.71. The van der Waals surface area contributed by atoms with Gasteiger partial charge in [-0.2, -0.15) is 13.2 Å². The largest absolute Gasteiger partial charge is 0.416 e. The van der Waals surface area contributed by atoms with Crippen molar-refractivity contribution in [3.05, 3.63) is 57.2 Å². The van der Waals surface area contributed by atoms with E-state index in [0.29, 0.717) is 47.7 Å². The Hall–Kier alpha value is -2.39. The third-order valence-electron chi connectivity index (χ3n) is 4.89. The molecule has 9 heteroatoms. The van der Waals surface area contributed by atoms with Gasteiger partial charge in [-0.3, -0.25) is 9.36 Å². The summed E-state index contributed by atoms with van der Waals surface area (Å²) < 4.78 is 41.1. The first-order chi connectivity index (χ1) is 13.3. The maximum atomic E-state index is 13.0. The van der Waals surface area contributed by atoms with Gasteiger partial charge in [0.05, 0.1) is 23.7 Å². The second-order valence-corrected chi connectivity index (χ2v) is 7.77. The molecule has 1 aromatic carbocycles. The minimum absolute atomic E-state index is 0.00200. The summed E-state index contributed by atoms with van der Waals surface area (Å²) in [5.41, 5.74) is -0.0475. The Bertz CT molecular complexity index is 1050. The maximum Gasteiger partial charge on any atom is 0.416 e. The number of thiophene rings is 1. The topological polar surface area (TPSA) is 58.4 Å². The molecule has 28 heavy (non-hydrogen) atoms. The molecular weight excluding hydrogens is 391 g/mol. The van der Waals surface area contributed by atoms with Crippen molar-refractivity contribution in [3.8, 4) is 0 Å². The molecule has 1 saturated heterocycles. The third-order valence-corrected chi connectivity index (χ3v) is 5.78. The number of halogens is 3. The molecule has 2 aromatic heterocycles. The number of rotatable bonds is 3. The van der Waals surface area contributed by atoms with E-state index in [9.17, 15) is 23.1 Å². The summed E-state index contributed by atoms with van der Waals surface area (Å²) in [6, 6.07) is 6.76. The predicted molar refractivity (Wildman–Crippen MR) is 102 cm³/mol. The monoisotopic (exact) mass is 409 g/mol. The van der Waals surface area contributed by atoms with Gasteiger partial charge in [0.1, 0.15) is 4.70 Å². The number of aromatic nitrogens is 2. The molecule has 0 unspecified atom stereocenters. The molecule has 3 heterocycles. The van der Waals surface area contributed by atoms with Gasteiger partial charge in [0, 0.05) is 13.1 Å². The number of anilines is 1. The van der Waals surface area contributed by atoms with Crippen LogP contribution in [0.25, 0.3) is 10.2 Å². The molecule has 0 radical (unpaired) electrons. The predicted octanol–water partition coefficient (Wildman–Crippen LogP) is 3.49. The van der Waals surface area contributed by atoms with Crippen molar-refractivity contribution in [2.75, 3.05) is 18.0 Å². The number of fused-ring (bicyclic) bond motifs is 1. The van der Waals surface area contributed by atoms with E-state index >= 15 is 0 Å². The highest BCUT2D eigenvalue weighted by molar-refractivity contribution is 7.17. The Kier molecular flexibility index (Phi) is 4.88. The average Bonchev–Trinajstić information content (AvgIpc) is 3.13. The highest BCUT2D eigenvalue weighted by atomic mass is 32.1. The van der Waals surface area contributed by atoms with Crippen LogP contribution in [0.15, 0.2) is 40.5 Å². The van der Waals surface area contributed by atoms with Crippen molar-refractivity contribution in [2.45, 2.75) is 31.7 Å². The minimum atomic E-state index is -4.44. The quantitative estimate of drug-likeness (QED) is 0.720. The lowest BCUT2D eigenvalue weighted by Gasteiger charge is -2.32. The zero-order chi connectivity index (χ0) is 19.9. The zero-order valence-electron chi connectivity index (χ0n) is 14.8. The number of benzene rings is 1. The molecule has 1 N–H and O–H groups in total. The summed E-state index contributed by atoms with van der Waals surface area (Å²) in [5, 5.41) is 11.5. The fourth-order valence-corrected chi connectivity index (χ4v) is 4.19. The molecule has 0 bridgehead atoms. The van der Waals surface area contributed by atoms with Gasteiger partial charge < -0.3 is 10.0 Å². The number of aliphatic hydroxyl groups is 1. The number of alkyl halides is 3. The Morgan fingerprint density at radius 2 is 1.96 bits per heavy atom. The smallest absolute Gasteiger partial charge is 0.393 e. The molecule has 0 amide bonds. The van der Waals surface area contributed by atoms with Crippen LogP contribution in [0.2, 0.25) is 0 Å². The van der Waals surface area contributed by atoms with Crippen molar-refractivity contribution in [1.82, 2.24) is 9.55 Å². The van der Waals surface area contributed by atoms with Gasteiger partial charge in [0.2, 0.25) is 5.95 Å². The number of aliphatic hydroxyl groups excluding tert-OH is 1. The van der Waals surface area contributed by atoms with E-state index in [1.54, 1.807) is 17.5 Å². The molecular formula is C19H18F3N3O2S. The molecule has 0 saturated carbocycles. The van der Waals surface area contributed by atoms with Crippen molar-refractivity contribution in [1.29, 1.82) is 0 Å². The molecule has 148 valence electrons. The van der Waals surface area contributed by atoms with Crippen molar-refractivity contribution >= 4 is 27.5 Å². The van der Waals surface area contributed by atoms with E-state index in [1.807, 2.05) is 4.90 Å². The summed E-state index contributed by atoms with van der Waals surface area (Å²) in [5.74, 6) is 0.431. The Labute approximate surface area is 162 Å². The van der Waals surface area contributed by atoms with Crippen LogP contribution in [-0.2, 0) is 12.7 Å². The number of hydrogen-bond acceptors (Lipinski definition) is 5. The number of nitrogens with zero attached hydrogens (tertiary/aromatic N) is 3. The lowest BCUT2D eigenvalue weighted by Crippen LogP contribution is -2.40. The van der Waals surface area contributed by atoms with Gasteiger partial charge in [-0.1, -0.05) is 12.1 Å². The Morgan fingerprint density at radius 3 is 2.68 bits per heavy atom. The fraction of sp³-hybridized carbons (Fsp3) is 0.368. The number of hydrogen-bond donors (Lipinski definition) is 1. The Morgan fingerprint density at radius 1 is 1.21 bits per heavy atom. The molecule has 3 aromatic rings. The molecule has 0 aliphatic carbocycles. The van der Waals surface area contributed by atoms with Crippen LogP contribution in [0, 0.1) is 0 Å². The summed E-state index contributed by atoms with van der Waals surface area (Å²) >= 11 is 1.27. The van der Waals surface area contributed by atoms with Gasteiger partial charge in [-0.15, -0.1) is 11.3 Å². The highest BCUT2D eigenvalue weighted by Gasteiger charge is 2.30. The van der Waals surface area contributed by atoms with Gasteiger partial charge in [0.15, 0.2) is 0 Å². The number of piperidine rings is 1. The molecule has 1 aliphatic heterocycles. The van der Waals surface area contributed by atoms with Crippen molar-refractivity contribution in [2.24, 2.45) is 0 Å². The SMILES string of the molecule is O=c1c2sccc2nc(N2CCC(O)CC2)n1Cc1cccc(C(F)(F)F)c1. The second kappa shape index (κ2) is 7.21. The molecule has 5 nitrogen and oxygen atoms in total. The van der Waals surface area contributed by atoms with Crippen LogP contribution in [0.3, 0.4) is 0 Å². The highest BCUT2D eigenvalue weighted by Crippen LogP contribution is 2.30. The first-order valence-electron chi connectivity index (χ1n) is 8.90. The van der Waals surface area contributed by atoms with Crippen LogP contribution in [0.4, 0.5) is 19.1 Å². The van der Waals surface area contributed by atoms with Gasteiger partial charge in [0.25, 0.3) is 5.56 Å². The van der Waals surface area contributed by atoms with Crippen LogP contribution in [-0.4, -0.2) is 33.9 Å². The standard InChI is InChI=1S/C19H18F3N3O2S/c20-19(21,22)13-3-1-2-12(10-13)11-25-17(27)16-15(6-9-28-16)23-18(25)24-7-4-14(26)5-8-24/h1-3,6,9-10,14,26H,4-5,7-8,11H2. The van der Waals surface area contributed by atoms with E-state index in [2.05, 4.69) is 4.98 Å². The van der Waals surface area contributed by atoms with E-state index < -0.39 is 11.7 Å².